The maximum atomic E-state index is 10.5. The highest BCUT2D eigenvalue weighted by Crippen LogP contribution is 2.30. The molecule has 1 atom stereocenters. The predicted molar refractivity (Wildman–Crippen MR) is 123 cm³/mol. The molecule has 4 heteroatoms. The van der Waals surface area contributed by atoms with Crippen molar-refractivity contribution in [2.24, 2.45) is 0 Å². The minimum absolute atomic E-state index is 0.195. The predicted octanol–water partition coefficient (Wildman–Crippen LogP) is 6.87. The lowest BCUT2D eigenvalue weighted by molar-refractivity contribution is 0.467. The first-order valence-corrected chi connectivity index (χ1v) is 10.9. The van der Waals surface area contributed by atoms with Gasteiger partial charge in [0.15, 0.2) is 0 Å². The molecule has 1 aromatic heterocycles. The summed E-state index contributed by atoms with van der Waals surface area (Å²) in [5.41, 5.74) is 5.72. The highest BCUT2D eigenvalue weighted by Gasteiger charge is 2.13. The Bertz CT molecular complexity index is 1120. The van der Waals surface area contributed by atoms with E-state index < -0.39 is 0 Å². The Hall–Kier alpha value is -3.14. The van der Waals surface area contributed by atoms with Gasteiger partial charge in [-0.05, 0) is 53.3 Å². The van der Waals surface area contributed by atoms with E-state index >= 15 is 0 Å². The summed E-state index contributed by atoms with van der Waals surface area (Å²) >= 11 is 0. The number of aromatic hydroxyl groups is 1. The standard InChI is InChI=1S/C26H29N3O/c1-3-4-5-7-10-19(2)21-14-16-26(30)25(18-21)29-27-23-15-13-22(17-24(23)28-29)20-11-8-6-9-12-20/h6,8-9,11-19,30H,3-5,7,10H2,1-2H3. The molecule has 0 fully saturated rings. The molecule has 0 aliphatic heterocycles. The molecular weight excluding hydrogens is 370 g/mol. The largest absolute Gasteiger partial charge is 0.506 e. The number of unbranched alkanes of at least 4 members (excludes halogenated alkanes) is 3. The van der Waals surface area contributed by atoms with Gasteiger partial charge in [0, 0.05) is 0 Å². The molecule has 0 bridgehead atoms. The summed E-state index contributed by atoms with van der Waals surface area (Å²) in [6, 6.07) is 22.1. The third-order valence-corrected chi connectivity index (χ3v) is 5.76. The topological polar surface area (TPSA) is 50.9 Å². The van der Waals surface area contributed by atoms with Crippen LogP contribution in [0.3, 0.4) is 0 Å². The molecule has 0 saturated carbocycles. The zero-order chi connectivity index (χ0) is 20.9. The molecule has 30 heavy (non-hydrogen) atoms. The first kappa shape index (κ1) is 20.1. The van der Waals surface area contributed by atoms with Gasteiger partial charge in [-0.2, -0.15) is 0 Å². The van der Waals surface area contributed by atoms with Crippen LogP contribution in [0.15, 0.2) is 66.7 Å². The number of fused-ring (bicyclic) bond motifs is 1. The van der Waals surface area contributed by atoms with E-state index in [9.17, 15) is 5.11 Å². The van der Waals surface area contributed by atoms with Crippen molar-refractivity contribution >= 4 is 11.0 Å². The highest BCUT2D eigenvalue weighted by molar-refractivity contribution is 5.81. The molecule has 1 heterocycles. The molecule has 0 saturated heterocycles. The number of rotatable bonds is 8. The van der Waals surface area contributed by atoms with Crippen molar-refractivity contribution in [3.8, 4) is 22.6 Å². The van der Waals surface area contributed by atoms with Crippen molar-refractivity contribution in [3.05, 3.63) is 72.3 Å². The average Bonchev–Trinajstić information content (AvgIpc) is 3.20. The third-order valence-electron chi connectivity index (χ3n) is 5.76. The molecule has 0 amide bonds. The van der Waals surface area contributed by atoms with E-state index in [1.54, 1.807) is 10.9 Å². The Kier molecular flexibility index (Phi) is 6.12. The van der Waals surface area contributed by atoms with Crippen molar-refractivity contribution in [2.45, 2.75) is 51.9 Å². The second-order valence-electron chi connectivity index (χ2n) is 8.06. The van der Waals surface area contributed by atoms with Crippen molar-refractivity contribution < 1.29 is 5.11 Å². The van der Waals surface area contributed by atoms with Crippen LogP contribution in [-0.4, -0.2) is 20.1 Å². The summed E-state index contributed by atoms with van der Waals surface area (Å²) in [4.78, 5) is 1.56. The molecule has 0 spiro atoms. The minimum atomic E-state index is 0.195. The Labute approximate surface area is 178 Å². The van der Waals surface area contributed by atoms with Crippen LogP contribution in [0, 0.1) is 0 Å². The van der Waals surface area contributed by atoms with Crippen molar-refractivity contribution in [1.82, 2.24) is 15.0 Å². The minimum Gasteiger partial charge on any atom is -0.506 e. The third kappa shape index (κ3) is 4.38. The Balaban J connectivity index is 1.61. The van der Waals surface area contributed by atoms with Gasteiger partial charge in [-0.25, -0.2) is 0 Å². The first-order chi connectivity index (χ1) is 14.7. The number of phenols is 1. The van der Waals surface area contributed by atoms with E-state index in [4.69, 9.17) is 0 Å². The van der Waals surface area contributed by atoms with E-state index in [1.807, 2.05) is 42.5 Å². The zero-order valence-corrected chi connectivity index (χ0v) is 17.8. The Morgan fingerprint density at radius 3 is 2.43 bits per heavy atom. The fraction of sp³-hybridized carbons (Fsp3) is 0.308. The summed E-state index contributed by atoms with van der Waals surface area (Å²) in [5, 5.41) is 19.7. The van der Waals surface area contributed by atoms with Crippen LogP contribution in [0.1, 0.15) is 57.4 Å². The average molecular weight is 400 g/mol. The van der Waals surface area contributed by atoms with Crippen LogP contribution in [-0.2, 0) is 0 Å². The van der Waals surface area contributed by atoms with E-state index in [2.05, 4.69) is 42.2 Å². The molecule has 4 rings (SSSR count). The summed E-state index contributed by atoms with van der Waals surface area (Å²) in [7, 11) is 0. The fourth-order valence-corrected chi connectivity index (χ4v) is 3.88. The van der Waals surface area contributed by atoms with Gasteiger partial charge in [0.2, 0.25) is 0 Å². The van der Waals surface area contributed by atoms with E-state index in [1.165, 1.54) is 31.2 Å². The van der Waals surface area contributed by atoms with Crippen LogP contribution in [0.5, 0.6) is 5.75 Å². The summed E-state index contributed by atoms with van der Waals surface area (Å²) in [5.74, 6) is 0.636. The van der Waals surface area contributed by atoms with Gasteiger partial charge in [0.05, 0.1) is 0 Å². The molecule has 3 aromatic carbocycles. The lowest BCUT2D eigenvalue weighted by Gasteiger charge is -2.13. The number of phenolic OH excluding ortho intramolecular Hbond substituents is 1. The lowest BCUT2D eigenvalue weighted by atomic mass is 9.94. The van der Waals surface area contributed by atoms with Gasteiger partial charge < -0.3 is 5.11 Å². The maximum Gasteiger partial charge on any atom is 0.143 e. The van der Waals surface area contributed by atoms with Gasteiger partial charge in [-0.1, -0.05) is 82.0 Å². The number of nitrogens with zero attached hydrogens (tertiary/aromatic N) is 3. The monoisotopic (exact) mass is 399 g/mol. The quantitative estimate of drug-likeness (QED) is 0.329. The van der Waals surface area contributed by atoms with Gasteiger partial charge in [0.1, 0.15) is 22.5 Å². The van der Waals surface area contributed by atoms with E-state index in [0.29, 0.717) is 11.6 Å². The van der Waals surface area contributed by atoms with Crippen molar-refractivity contribution in [2.75, 3.05) is 0 Å². The van der Waals surface area contributed by atoms with Gasteiger partial charge in [-0.15, -0.1) is 15.0 Å². The highest BCUT2D eigenvalue weighted by atomic mass is 16.3. The second kappa shape index (κ2) is 9.12. The molecular formula is C26H29N3O. The zero-order valence-electron chi connectivity index (χ0n) is 17.8. The van der Waals surface area contributed by atoms with E-state index in [0.717, 1.165) is 28.6 Å². The molecule has 4 nitrogen and oxygen atoms in total. The molecule has 0 aliphatic rings. The molecule has 4 aromatic rings. The molecule has 0 aliphatic carbocycles. The fourth-order valence-electron chi connectivity index (χ4n) is 3.88. The van der Waals surface area contributed by atoms with Crippen LogP contribution in [0.2, 0.25) is 0 Å². The summed E-state index contributed by atoms with van der Waals surface area (Å²) < 4.78 is 0. The lowest BCUT2D eigenvalue weighted by Crippen LogP contribution is -2.02. The Morgan fingerprint density at radius 2 is 1.63 bits per heavy atom. The normalized spacial score (nSPS) is 12.3. The number of benzene rings is 3. The Morgan fingerprint density at radius 1 is 0.833 bits per heavy atom. The maximum absolute atomic E-state index is 10.5. The molecule has 0 radical (unpaired) electrons. The number of hydrogen-bond donors (Lipinski definition) is 1. The van der Waals surface area contributed by atoms with Crippen LogP contribution < -0.4 is 0 Å². The molecule has 154 valence electrons. The van der Waals surface area contributed by atoms with Crippen LogP contribution >= 0.6 is 0 Å². The molecule has 1 unspecified atom stereocenters. The summed E-state index contributed by atoms with van der Waals surface area (Å²) in [6.45, 7) is 4.49. The van der Waals surface area contributed by atoms with Crippen LogP contribution in [0.25, 0.3) is 27.8 Å². The van der Waals surface area contributed by atoms with Crippen LogP contribution in [0.4, 0.5) is 0 Å². The van der Waals surface area contributed by atoms with Gasteiger partial charge >= 0.3 is 0 Å². The van der Waals surface area contributed by atoms with E-state index in [-0.39, 0.29) is 5.75 Å². The number of aromatic nitrogens is 3. The van der Waals surface area contributed by atoms with Crippen molar-refractivity contribution in [3.63, 3.8) is 0 Å². The van der Waals surface area contributed by atoms with Gasteiger partial charge in [-0.3, -0.25) is 0 Å². The SMILES string of the molecule is CCCCCCC(C)c1ccc(O)c(-n2nc3ccc(-c4ccccc4)cc3n2)c1. The molecule has 1 N–H and O–H groups in total. The second-order valence-corrected chi connectivity index (χ2v) is 8.06. The smallest absolute Gasteiger partial charge is 0.143 e. The summed E-state index contributed by atoms with van der Waals surface area (Å²) in [6.07, 6.45) is 6.21. The van der Waals surface area contributed by atoms with Crippen molar-refractivity contribution in [1.29, 1.82) is 0 Å². The number of hydrogen-bond acceptors (Lipinski definition) is 3. The van der Waals surface area contributed by atoms with Gasteiger partial charge in [0.25, 0.3) is 0 Å². The first-order valence-electron chi connectivity index (χ1n) is 10.9.